The van der Waals surface area contributed by atoms with E-state index in [4.69, 9.17) is 15.3 Å². The van der Waals surface area contributed by atoms with Gasteiger partial charge in [0.25, 0.3) is 5.91 Å². The second-order valence-corrected chi connectivity index (χ2v) is 8.17. The van der Waals surface area contributed by atoms with Crippen molar-refractivity contribution in [2.75, 3.05) is 17.2 Å². The van der Waals surface area contributed by atoms with Gasteiger partial charge in [0.15, 0.2) is 0 Å². The average Bonchev–Trinajstić information content (AvgIpc) is 2.76. The molecule has 1 atom stereocenters. The summed E-state index contributed by atoms with van der Waals surface area (Å²) in [6.07, 6.45) is 1.17. The Morgan fingerprint density at radius 2 is 1.79 bits per heavy atom. The monoisotopic (exact) mass is 454 g/mol. The molecule has 1 amide bonds. The molecular formula is C24H30N4O5. The predicted molar refractivity (Wildman–Crippen MR) is 127 cm³/mol. The zero-order valence-corrected chi connectivity index (χ0v) is 19.3. The minimum atomic E-state index is -0.809. The molecule has 0 aromatic heterocycles. The van der Waals surface area contributed by atoms with Crippen molar-refractivity contribution in [3.63, 3.8) is 0 Å². The molecule has 0 aliphatic rings. The van der Waals surface area contributed by atoms with Crippen LogP contribution in [0.2, 0.25) is 0 Å². The molecule has 0 fully saturated rings. The Morgan fingerprint density at radius 1 is 1.09 bits per heavy atom. The molecule has 0 saturated carbocycles. The average molecular weight is 455 g/mol. The quantitative estimate of drug-likeness (QED) is 0.173. The van der Waals surface area contributed by atoms with Gasteiger partial charge in [0.1, 0.15) is 11.9 Å². The SMILES string of the molecule is CCOC(=O)C(CC(=O)OC(C)(C)C)c1ccc(NC(=O)c2cccc(NC=NN)c2)cc1. The molecule has 0 aliphatic heterocycles. The van der Waals surface area contributed by atoms with Gasteiger partial charge in [0.2, 0.25) is 0 Å². The molecule has 0 spiro atoms. The summed E-state index contributed by atoms with van der Waals surface area (Å²) in [5.74, 6) is 2.95. The number of carbonyl (C=O) groups excluding carboxylic acids is 3. The molecule has 0 saturated heterocycles. The third-order valence-corrected chi connectivity index (χ3v) is 4.36. The number of esters is 2. The van der Waals surface area contributed by atoms with Gasteiger partial charge in [-0.3, -0.25) is 14.4 Å². The van der Waals surface area contributed by atoms with Gasteiger partial charge in [-0.25, -0.2) is 0 Å². The number of hydrogen-bond acceptors (Lipinski definition) is 7. The number of benzene rings is 2. The van der Waals surface area contributed by atoms with Gasteiger partial charge in [-0.1, -0.05) is 18.2 Å². The van der Waals surface area contributed by atoms with Crippen LogP contribution in [0, 0.1) is 0 Å². The van der Waals surface area contributed by atoms with Crippen molar-refractivity contribution >= 4 is 35.6 Å². The number of carbonyl (C=O) groups is 3. The van der Waals surface area contributed by atoms with Gasteiger partial charge in [0.05, 0.1) is 18.9 Å². The topological polar surface area (TPSA) is 132 Å². The number of hydrazone groups is 1. The molecule has 0 aliphatic carbocycles. The Bertz CT molecular complexity index is 997. The van der Waals surface area contributed by atoms with E-state index in [1.54, 1.807) is 76.2 Å². The first-order chi connectivity index (χ1) is 15.6. The fourth-order valence-corrected chi connectivity index (χ4v) is 2.99. The number of rotatable bonds is 9. The number of nitrogens with zero attached hydrogens (tertiary/aromatic N) is 1. The van der Waals surface area contributed by atoms with Gasteiger partial charge >= 0.3 is 11.9 Å². The Labute approximate surface area is 193 Å². The molecule has 0 bridgehead atoms. The van der Waals surface area contributed by atoms with E-state index in [1.807, 2.05) is 0 Å². The number of amides is 1. The molecule has 9 nitrogen and oxygen atoms in total. The summed E-state index contributed by atoms with van der Waals surface area (Å²) in [6.45, 7) is 7.19. The number of hydrogen-bond donors (Lipinski definition) is 3. The maximum Gasteiger partial charge on any atom is 0.313 e. The molecule has 2 aromatic rings. The van der Waals surface area contributed by atoms with E-state index in [2.05, 4.69) is 15.7 Å². The van der Waals surface area contributed by atoms with Crippen LogP contribution >= 0.6 is 0 Å². The largest absolute Gasteiger partial charge is 0.466 e. The highest BCUT2D eigenvalue weighted by atomic mass is 16.6. The van der Waals surface area contributed by atoms with Crippen LogP contribution in [-0.4, -0.2) is 36.4 Å². The minimum Gasteiger partial charge on any atom is -0.466 e. The number of anilines is 2. The smallest absolute Gasteiger partial charge is 0.313 e. The minimum absolute atomic E-state index is 0.145. The summed E-state index contributed by atoms with van der Waals surface area (Å²) in [5, 5.41) is 9.00. The molecule has 33 heavy (non-hydrogen) atoms. The van der Waals surface area contributed by atoms with E-state index in [0.29, 0.717) is 22.5 Å². The number of nitrogens with two attached hydrogens (primary N) is 1. The molecule has 176 valence electrons. The van der Waals surface area contributed by atoms with Crippen molar-refractivity contribution in [1.29, 1.82) is 0 Å². The molecule has 0 radical (unpaired) electrons. The Morgan fingerprint density at radius 3 is 2.39 bits per heavy atom. The third kappa shape index (κ3) is 8.29. The van der Waals surface area contributed by atoms with Crippen molar-refractivity contribution in [3.8, 4) is 0 Å². The van der Waals surface area contributed by atoms with Crippen LogP contribution in [-0.2, 0) is 19.1 Å². The van der Waals surface area contributed by atoms with Crippen LogP contribution in [0.5, 0.6) is 0 Å². The normalized spacial score (nSPS) is 12.1. The molecule has 2 aromatic carbocycles. The van der Waals surface area contributed by atoms with Gasteiger partial charge in [-0.05, 0) is 63.6 Å². The van der Waals surface area contributed by atoms with Crippen LogP contribution < -0.4 is 16.5 Å². The van der Waals surface area contributed by atoms with Crippen molar-refractivity contribution < 1.29 is 23.9 Å². The zero-order chi connectivity index (χ0) is 24.4. The van der Waals surface area contributed by atoms with Crippen molar-refractivity contribution in [2.45, 2.75) is 45.6 Å². The zero-order valence-electron chi connectivity index (χ0n) is 19.3. The van der Waals surface area contributed by atoms with E-state index >= 15 is 0 Å². The third-order valence-electron chi connectivity index (χ3n) is 4.36. The molecule has 1 unspecified atom stereocenters. The summed E-state index contributed by atoms with van der Waals surface area (Å²) in [5.41, 5.74) is 1.56. The fourth-order valence-electron chi connectivity index (χ4n) is 2.99. The number of ether oxygens (including phenoxy) is 2. The molecular weight excluding hydrogens is 424 g/mol. The summed E-state index contributed by atoms with van der Waals surface area (Å²) in [4.78, 5) is 37.4. The summed E-state index contributed by atoms with van der Waals surface area (Å²) < 4.78 is 10.5. The molecule has 9 heteroatoms. The summed E-state index contributed by atoms with van der Waals surface area (Å²) in [6, 6.07) is 13.5. The van der Waals surface area contributed by atoms with E-state index in [9.17, 15) is 14.4 Å². The Balaban J connectivity index is 2.14. The van der Waals surface area contributed by atoms with Crippen molar-refractivity contribution in [3.05, 3.63) is 59.7 Å². The Hall–Kier alpha value is -3.88. The maximum atomic E-state index is 12.6. The van der Waals surface area contributed by atoms with E-state index in [-0.39, 0.29) is 18.9 Å². The molecule has 4 N–H and O–H groups in total. The van der Waals surface area contributed by atoms with E-state index in [1.165, 1.54) is 6.34 Å². The standard InChI is InChI=1S/C24H30N4O5/c1-5-32-23(31)20(14-21(29)33-24(2,3)4)16-9-11-18(12-10-16)28-22(30)17-7-6-8-19(13-17)26-15-27-25/h6-13,15,20H,5,14,25H2,1-4H3,(H,26,27)(H,28,30). The van der Waals surface area contributed by atoms with E-state index in [0.717, 1.165) is 0 Å². The van der Waals surface area contributed by atoms with Gasteiger partial charge in [-0.15, -0.1) is 0 Å². The molecule has 2 rings (SSSR count). The maximum absolute atomic E-state index is 12.6. The lowest BCUT2D eigenvalue weighted by Crippen LogP contribution is -2.27. The molecule has 0 heterocycles. The van der Waals surface area contributed by atoms with Crippen molar-refractivity contribution in [1.82, 2.24) is 0 Å². The second kappa shape index (κ2) is 11.7. The summed E-state index contributed by atoms with van der Waals surface area (Å²) in [7, 11) is 0. The summed E-state index contributed by atoms with van der Waals surface area (Å²) >= 11 is 0. The van der Waals surface area contributed by atoms with Crippen LogP contribution in [0.3, 0.4) is 0 Å². The lowest BCUT2D eigenvalue weighted by Gasteiger charge is -2.22. The van der Waals surface area contributed by atoms with Gasteiger partial charge in [0, 0.05) is 16.9 Å². The van der Waals surface area contributed by atoms with Crippen LogP contribution in [0.1, 0.15) is 56.0 Å². The lowest BCUT2D eigenvalue weighted by atomic mass is 9.95. The second-order valence-electron chi connectivity index (χ2n) is 8.17. The van der Waals surface area contributed by atoms with Crippen LogP contribution in [0.15, 0.2) is 53.6 Å². The first-order valence-corrected chi connectivity index (χ1v) is 10.5. The van der Waals surface area contributed by atoms with Gasteiger partial charge in [-0.2, -0.15) is 5.10 Å². The van der Waals surface area contributed by atoms with E-state index < -0.39 is 23.5 Å². The fraction of sp³-hybridized carbons (Fsp3) is 0.333. The highest BCUT2D eigenvalue weighted by Gasteiger charge is 2.28. The van der Waals surface area contributed by atoms with Gasteiger partial charge < -0.3 is 25.9 Å². The highest BCUT2D eigenvalue weighted by molar-refractivity contribution is 6.05. The number of nitrogens with one attached hydrogen (secondary N) is 2. The first-order valence-electron chi connectivity index (χ1n) is 10.5. The lowest BCUT2D eigenvalue weighted by molar-refractivity contribution is -0.159. The predicted octanol–water partition coefficient (Wildman–Crippen LogP) is 3.63. The Kier molecular flexibility index (Phi) is 8.97. The highest BCUT2D eigenvalue weighted by Crippen LogP contribution is 2.25. The van der Waals surface area contributed by atoms with Crippen LogP contribution in [0.4, 0.5) is 11.4 Å². The van der Waals surface area contributed by atoms with Crippen molar-refractivity contribution in [2.24, 2.45) is 10.9 Å². The first kappa shape index (κ1) is 25.4. The van der Waals surface area contributed by atoms with Crippen LogP contribution in [0.25, 0.3) is 0 Å².